The van der Waals surface area contributed by atoms with Crippen molar-refractivity contribution >= 4 is 17.5 Å². The molecule has 0 aliphatic carbocycles. The van der Waals surface area contributed by atoms with Gasteiger partial charge in [-0.25, -0.2) is 0 Å². The molecule has 0 heterocycles. The number of hydrogen-bond donors (Lipinski definition) is 3. The molecule has 5 nitrogen and oxygen atoms in total. The van der Waals surface area contributed by atoms with Crippen LogP contribution >= 0.6 is 0 Å². The normalized spacial score (nSPS) is 11.9. The van der Waals surface area contributed by atoms with Gasteiger partial charge < -0.3 is 15.7 Å². The minimum Gasteiger partial charge on any atom is -0.506 e. The number of carbonyl (C=O) groups is 2. The summed E-state index contributed by atoms with van der Waals surface area (Å²) in [5.41, 5.74) is 0.712. The summed E-state index contributed by atoms with van der Waals surface area (Å²) in [6, 6.07) is 5.13. The molecule has 0 saturated heterocycles. The van der Waals surface area contributed by atoms with Gasteiger partial charge in [-0.1, -0.05) is 47.6 Å². The molecule has 0 unspecified atom stereocenters. The third-order valence-corrected chi connectivity index (χ3v) is 3.23. The van der Waals surface area contributed by atoms with Crippen LogP contribution in [0.3, 0.4) is 0 Å². The molecule has 1 rings (SSSR count). The summed E-state index contributed by atoms with van der Waals surface area (Å²) in [4.78, 5) is 23.7. The van der Waals surface area contributed by atoms with Gasteiger partial charge in [0.25, 0.3) is 0 Å². The fourth-order valence-electron chi connectivity index (χ4n) is 1.72. The van der Waals surface area contributed by atoms with E-state index >= 15 is 0 Å². The van der Waals surface area contributed by atoms with Gasteiger partial charge in [-0.2, -0.15) is 0 Å². The number of phenolic OH excluding ortho intramolecular Hbond substituents is 1. The van der Waals surface area contributed by atoms with Crippen LogP contribution in [0.15, 0.2) is 18.2 Å². The molecule has 0 fully saturated rings. The highest BCUT2D eigenvalue weighted by Gasteiger charge is 2.22. The predicted molar refractivity (Wildman–Crippen MR) is 87.9 cm³/mol. The van der Waals surface area contributed by atoms with Gasteiger partial charge in [-0.15, -0.1) is 0 Å². The van der Waals surface area contributed by atoms with Gasteiger partial charge in [-0.3, -0.25) is 9.59 Å². The zero-order valence-electron chi connectivity index (χ0n) is 14.2. The summed E-state index contributed by atoms with van der Waals surface area (Å²) < 4.78 is 0. The van der Waals surface area contributed by atoms with Crippen molar-refractivity contribution in [2.75, 3.05) is 11.9 Å². The van der Waals surface area contributed by atoms with Crippen molar-refractivity contribution in [2.24, 2.45) is 5.41 Å². The van der Waals surface area contributed by atoms with E-state index in [1.54, 1.807) is 32.9 Å². The van der Waals surface area contributed by atoms with E-state index in [1.165, 1.54) is 0 Å². The number of amides is 2. The van der Waals surface area contributed by atoms with Crippen molar-refractivity contribution in [3.05, 3.63) is 23.8 Å². The minimum absolute atomic E-state index is 0.00324. The van der Waals surface area contributed by atoms with Crippen molar-refractivity contribution in [3.8, 4) is 5.75 Å². The Labute approximate surface area is 132 Å². The van der Waals surface area contributed by atoms with Crippen LogP contribution in [0.4, 0.5) is 5.69 Å². The quantitative estimate of drug-likeness (QED) is 0.751. The van der Waals surface area contributed by atoms with E-state index in [2.05, 4.69) is 31.4 Å². The van der Waals surface area contributed by atoms with Gasteiger partial charge in [0.05, 0.1) is 12.2 Å². The van der Waals surface area contributed by atoms with E-state index in [9.17, 15) is 14.7 Å². The third kappa shape index (κ3) is 5.06. The molecular formula is C17H26N2O3. The van der Waals surface area contributed by atoms with Crippen molar-refractivity contribution in [3.63, 3.8) is 0 Å². The highest BCUT2D eigenvalue weighted by atomic mass is 16.3. The van der Waals surface area contributed by atoms with Crippen LogP contribution in [0.1, 0.15) is 47.1 Å². The Balaban J connectivity index is 2.75. The fourth-order valence-corrected chi connectivity index (χ4v) is 1.72. The Kier molecular flexibility index (Phi) is 5.22. The molecular weight excluding hydrogens is 280 g/mol. The summed E-state index contributed by atoms with van der Waals surface area (Å²) in [6.45, 7) is 11.4. The molecule has 0 atom stereocenters. The van der Waals surface area contributed by atoms with Crippen LogP contribution in [-0.4, -0.2) is 23.5 Å². The fraction of sp³-hybridized carbons (Fsp3) is 0.529. The lowest BCUT2D eigenvalue weighted by atomic mass is 9.87. The van der Waals surface area contributed by atoms with Gasteiger partial charge >= 0.3 is 0 Å². The van der Waals surface area contributed by atoms with Crippen LogP contribution in [0.5, 0.6) is 5.75 Å². The molecule has 2 amide bonds. The maximum atomic E-state index is 11.9. The topological polar surface area (TPSA) is 78.4 Å². The average molecular weight is 306 g/mol. The number of nitrogens with one attached hydrogen (secondary N) is 2. The second-order valence-electron chi connectivity index (χ2n) is 7.46. The average Bonchev–Trinajstić information content (AvgIpc) is 2.36. The Hall–Kier alpha value is -2.04. The number of benzene rings is 1. The van der Waals surface area contributed by atoms with Gasteiger partial charge in [0.2, 0.25) is 11.8 Å². The number of phenols is 1. The van der Waals surface area contributed by atoms with Crippen LogP contribution in [-0.2, 0) is 15.0 Å². The molecule has 0 saturated carbocycles. The zero-order chi connectivity index (χ0) is 17.1. The standard InChI is InChI=1S/C17H26N2O3/c1-16(2,3)11-7-8-13(20)12(9-11)19-14(21)10-18-15(22)17(4,5)6/h7-9,20H,10H2,1-6H3,(H,18,22)(H,19,21). The maximum Gasteiger partial charge on any atom is 0.243 e. The summed E-state index contributed by atoms with van der Waals surface area (Å²) in [5.74, 6) is -0.572. The first kappa shape index (κ1) is 18.0. The van der Waals surface area contributed by atoms with Gasteiger partial charge in [0.15, 0.2) is 0 Å². The summed E-state index contributed by atoms with van der Waals surface area (Å²) in [7, 11) is 0. The van der Waals surface area contributed by atoms with Crippen LogP contribution in [0.25, 0.3) is 0 Å². The van der Waals surface area contributed by atoms with Gasteiger partial charge in [0.1, 0.15) is 5.75 Å². The number of aromatic hydroxyl groups is 1. The van der Waals surface area contributed by atoms with E-state index in [0.29, 0.717) is 5.69 Å². The zero-order valence-corrected chi connectivity index (χ0v) is 14.2. The summed E-state index contributed by atoms with van der Waals surface area (Å²) in [6.07, 6.45) is 0. The van der Waals surface area contributed by atoms with Crippen molar-refractivity contribution in [1.29, 1.82) is 0 Å². The molecule has 122 valence electrons. The smallest absolute Gasteiger partial charge is 0.243 e. The Morgan fingerprint density at radius 2 is 1.68 bits per heavy atom. The number of anilines is 1. The second-order valence-corrected chi connectivity index (χ2v) is 7.46. The van der Waals surface area contributed by atoms with Crippen molar-refractivity contribution in [1.82, 2.24) is 5.32 Å². The van der Waals surface area contributed by atoms with Crippen LogP contribution < -0.4 is 10.6 Å². The van der Waals surface area contributed by atoms with Gasteiger partial charge in [-0.05, 0) is 23.1 Å². The number of rotatable bonds is 3. The Bertz CT molecular complexity index is 566. The molecule has 22 heavy (non-hydrogen) atoms. The highest BCUT2D eigenvalue weighted by Crippen LogP contribution is 2.30. The van der Waals surface area contributed by atoms with E-state index < -0.39 is 5.41 Å². The predicted octanol–water partition coefficient (Wildman–Crippen LogP) is 2.79. The SMILES string of the molecule is CC(C)(C)C(=O)NCC(=O)Nc1cc(C(C)(C)C)ccc1O. The van der Waals surface area contributed by atoms with Crippen molar-refractivity contribution in [2.45, 2.75) is 47.0 Å². The molecule has 0 radical (unpaired) electrons. The summed E-state index contributed by atoms with van der Waals surface area (Å²) >= 11 is 0. The van der Waals surface area contributed by atoms with Gasteiger partial charge in [0, 0.05) is 5.41 Å². The lowest BCUT2D eigenvalue weighted by Crippen LogP contribution is -2.39. The molecule has 5 heteroatoms. The molecule has 1 aromatic carbocycles. The molecule has 0 spiro atoms. The van der Waals surface area contributed by atoms with Crippen LogP contribution in [0, 0.1) is 5.41 Å². The first-order valence-electron chi connectivity index (χ1n) is 7.33. The Morgan fingerprint density at radius 1 is 1.09 bits per heavy atom. The molecule has 3 N–H and O–H groups in total. The second kappa shape index (κ2) is 6.38. The maximum absolute atomic E-state index is 11.9. The first-order chi connectivity index (χ1) is 9.91. The van der Waals surface area contributed by atoms with E-state index in [4.69, 9.17) is 0 Å². The molecule has 0 bridgehead atoms. The first-order valence-corrected chi connectivity index (χ1v) is 7.33. The lowest BCUT2D eigenvalue weighted by molar-refractivity contribution is -0.130. The largest absolute Gasteiger partial charge is 0.506 e. The van der Waals surface area contributed by atoms with E-state index in [-0.39, 0.29) is 29.5 Å². The molecule has 0 aliphatic heterocycles. The molecule has 1 aromatic rings. The van der Waals surface area contributed by atoms with Crippen LogP contribution in [0.2, 0.25) is 0 Å². The minimum atomic E-state index is -0.547. The number of carbonyl (C=O) groups excluding carboxylic acids is 2. The van der Waals surface area contributed by atoms with E-state index in [1.807, 2.05) is 6.07 Å². The highest BCUT2D eigenvalue weighted by molar-refractivity contribution is 5.96. The third-order valence-electron chi connectivity index (χ3n) is 3.23. The molecule has 0 aromatic heterocycles. The monoisotopic (exact) mass is 306 g/mol. The lowest BCUT2D eigenvalue weighted by Gasteiger charge is -2.21. The van der Waals surface area contributed by atoms with E-state index in [0.717, 1.165) is 5.56 Å². The Morgan fingerprint density at radius 3 is 2.18 bits per heavy atom. The van der Waals surface area contributed by atoms with Crippen molar-refractivity contribution < 1.29 is 14.7 Å². The molecule has 0 aliphatic rings. The number of hydrogen-bond acceptors (Lipinski definition) is 3. The summed E-state index contributed by atoms with van der Waals surface area (Å²) in [5, 5.41) is 15.1.